The molecule has 2 aromatic rings. The molecule has 0 aliphatic heterocycles. The minimum absolute atomic E-state index is 0.0172. The first-order valence-electron chi connectivity index (χ1n) is 6.30. The summed E-state index contributed by atoms with van der Waals surface area (Å²) < 4.78 is 28.6. The first kappa shape index (κ1) is 14.3. The highest BCUT2D eigenvalue weighted by molar-refractivity contribution is 9.11. The van der Waals surface area contributed by atoms with Crippen LogP contribution >= 0.6 is 27.3 Å². The van der Waals surface area contributed by atoms with Gasteiger partial charge < -0.3 is 0 Å². The van der Waals surface area contributed by atoms with E-state index in [2.05, 4.69) is 20.7 Å². The van der Waals surface area contributed by atoms with E-state index in [1.54, 1.807) is 6.07 Å². The Morgan fingerprint density at radius 2 is 2.00 bits per heavy atom. The van der Waals surface area contributed by atoms with Gasteiger partial charge >= 0.3 is 0 Å². The predicted molar refractivity (Wildman–Crippen MR) is 84.7 cm³/mol. The van der Waals surface area contributed by atoms with E-state index >= 15 is 0 Å². The van der Waals surface area contributed by atoms with Crippen LogP contribution in [0.2, 0.25) is 0 Å². The zero-order valence-electron chi connectivity index (χ0n) is 10.8. The van der Waals surface area contributed by atoms with Crippen LogP contribution in [0, 0.1) is 6.92 Å². The highest BCUT2D eigenvalue weighted by Gasteiger charge is 2.41. The van der Waals surface area contributed by atoms with Gasteiger partial charge in [-0.25, -0.2) is 13.1 Å². The van der Waals surface area contributed by atoms with Crippen LogP contribution < -0.4 is 4.72 Å². The molecule has 1 saturated carbocycles. The summed E-state index contributed by atoms with van der Waals surface area (Å²) in [4.78, 5) is 0. The van der Waals surface area contributed by atoms with Crippen molar-refractivity contribution >= 4 is 37.3 Å². The molecule has 0 amide bonds. The molecule has 0 spiro atoms. The van der Waals surface area contributed by atoms with Crippen molar-refractivity contribution in [3.05, 3.63) is 51.3 Å². The van der Waals surface area contributed by atoms with Gasteiger partial charge in [0.25, 0.3) is 0 Å². The first-order valence-corrected chi connectivity index (χ1v) is 9.40. The van der Waals surface area contributed by atoms with Crippen molar-refractivity contribution in [2.75, 3.05) is 0 Å². The van der Waals surface area contributed by atoms with E-state index in [0.29, 0.717) is 10.1 Å². The zero-order chi connectivity index (χ0) is 14.3. The largest absolute Gasteiger partial charge is 0.250 e. The third kappa shape index (κ3) is 2.83. The predicted octanol–water partition coefficient (Wildman–Crippen LogP) is 3.65. The molecule has 1 aromatic heterocycles. The molecular weight excluding hydrogens is 358 g/mol. The second-order valence-corrected chi connectivity index (χ2v) is 9.31. The Morgan fingerprint density at radius 3 is 2.60 bits per heavy atom. The fourth-order valence-electron chi connectivity index (χ4n) is 2.22. The van der Waals surface area contributed by atoms with Crippen molar-refractivity contribution in [3.8, 4) is 0 Å². The molecule has 0 bridgehead atoms. The summed E-state index contributed by atoms with van der Waals surface area (Å²) >= 11 is 4.62. The molecule has 1 aliphatic rings. The molecule has 1 fully saturated rings. The molecule has 20 heavy (non-hydrogen) atoms. The molecule has 1 aliphatic carbocycles. The van der Waals surface area contributed by atoms with Gasteiger partial charge in [0.2, 0.25) is 10.0 Å². The topological polar surface area (TPSA) is 46.2 Å². The Morgan fingerprint density at radius 1 is 1.30 bits per heavy atom. The van der Waals surface area contributed by atoms with E-state index in [9.17, 15) is 8.42 Å². The molecule has 0 saturated heterocycles. The number of nitrogens with one attached hydrogen (secondary N) is 1. The second kappa shape index (κ2) is 5.26. The van der Waals surface area contributed by atoms with Crippen LogP contribution in [0.25, 0.3) is 0 Å². The molecular formula is C14H14BrNO2S2. The van der Waals surface area contributed by atoms with E-state index in [1.165, 1.54) is 16.9 Å². The minimum Gasteiger partial charge on any atom is -0.207 e. The number of hydrogen-bond donors (Lipinski definition) is 1. The molecule has 2 unspecified atom stereocenters. The van der Waals surface area contributed by atoms with Gasteiger partial charge in [0, 0.05) is 12.0 Å². The van der Waals surface area contributed by atoms with Gasteiger partial charge in [-0.05, 0) is 46.5 Å². The van der Waals surface area contributed by atoms with Gasteiger partial charge in [-0.1, -0.05) is 30.3 Å². The molecule has 3 rings (SSSR count). The van der Waals surface area contributed by atoms with Crippen molar-refractivity contribution in [3.63, 3.8) is 0 Å². The average molecular weight is 372 g/mol. The summed E-state index contributed by atoms with van der Waals surface area (Å²) in [5.41, 5.74) is 2.15. The summed E-state index contributed by atoms with van der Waals surface area (Å²) in [6.07, 6.45) is 0.870. The van der Waals surface area contributed by atoms with E-state index in [0.717, 1.165) is 15.8 Å². The van der Waals surface area contributed by atoms with E-state index in [4.69, 9.17) is 0 Å². The Balaban J connectivity index is 1.73. The summed E-state index contributed by atoms with van der Waals surface area (Å²) in [5.74, 6) is 0.301. The Hall–Kier alpha value is -0.690. The fourth-order valence-corrected chi connectivity index (χ4v) is 5.75. The summed E-state index contributed by atoms with van der Waals surface area (Å²) in [7, 11) is -3.40. The highest BCUT2D eigenvalue weighted by atomic mass is 79.9. The van der Waals surface area contributed by atoms with Gasteiger partial charge in [0.05, 0.1) is 3.79 Å². The van der Waals surface area contributed by atoms with E-state index in [-0.39, 0.29) is 6.04 Å². The summed E-state index contributed by atoms with van der Waals surface area (Å²) in [5, 5.41) is 0. The quantitative estimate of drug-likeness (QED) is 0.891. The summed E-state index contributed by atoms with van der Waals surface area (Å²) in [6.45, 7) is 1.89. The van der Waals surface area contributed by atoms with Gasteiger partial charge in [0.15, 0.2) is 0 Å². The maximum absolute atomic E-state index is 12.3. The van der Waals surface area contributed by atoms with Crippen molar-refractivity contribution in [1.29, 1.82) is 0 Å². The van der Waals surface area contributed by atoms with Gasteiger partial charge in [-0.15, -0.1) is 11.3 Å². The van der Waals surface area contributed by atoms with Crippen molar-refractivity contribution < 1.29 is 8.42 Å². The summed E-state index contributed by atoms with van der Waals surface area (Å²) in [6, 6.07) is 11.8. The maximum Gasteiger partial charge on any atom is 0.250 e. The van der Waals surface area contributed by atoms with E-state index < -0.39 is 10.0 Å². The molecule has 0 radical (unpaired) electrons. The van der Waals surface area contributed by atoms with Crippen LogP contribution in [-0.2, 0) is 10.0 Å². The van der Waals surface area contributed by atoms with Crippen molar-refractivity contribution in [2.45, 2.75) is 29.5 Å². The number of aryl methyl sites for hydroxylation is 1. The number of halogens is 1. The highest BCUT2D eigenvalue weighted by Crippen LogP contribution is 2.42. The van der Waals surface area contributed by atoms with Crippen LogP contribution in [0.4, 0.5) is 0 Å². The average Bonchev–Trinajstić information content (AvgIpc) is 3.08. The lowest BCUT2D eigenvalue weighted by atomic mass is 10.1. The third-order valence-electron chi connectivity index (χ3n) is 3.42. The van der Waals surface area contributed by atoms with Gasteiger partial charge in [-0.3, -0.25) is 0 Å². The Bertz CT molecular complexity index is 705. The van der Waals surface area contributed by atoms with Gasteiger partial charge in [0.1, 0.15) is 4.21 Å². The molecule has 1 heterocycles. The monoisotopic (exact) mass is 371 g/mol. The number of thiophene rings is 1. The number of sulfonamides is 1. The Labute approximate surface area is 131 Å². The van der Waals surface area contributed by atoms with Crippen LogP contribution in [-0.4, -0.2) is 14.5 Å². The molecule has 1 aromatic carbocycles. The number of rotatable bonds is 4. The second-order valence-electron chi connectivity index (χ2n) is 5.00. The van der Waals surface area contributed by atoms with Crippen LogP contribution in [0.1, 0.15) is 23.5 Å². The number of hydrogen-bond acceptors (Lipinski definition) is 3. The molecule has 6 heteroatoms. The maximum atomic E-state index is 12.3. The molecule has 2 atom stereocenters. The standard InChI is InChI=1S/C14H14BrNO2S2/c1-9-7-13(19-14(9)15)20(17,18)16-12-8-11(12)10-5-3-2-4-6-10/h2-7,11-12,16H,8H2,1H3. The molecule has 106 valence electrons. The lowest BCUT2D eigenvalue weighted by Crippen LogP contribution is -2.26. The zero-order valence-corrected chi connectivity index (χ0v) is 14.1. The van der Waals surface area contributed by atoms with Gasteiger partial charge in [-0.2, -0.15) is 0 Å². The van der Waals surface area contributed by atoms with Crippen LogP contribution in [0.5, 0.6) is 0 Å². The lowest BCUT2D eigenvalue weighted by Gasteiger charge is -2.04. The van der Waals surface area contributed by atoms with Crippen molar-refractivity contribution in [1.82, 2.24) is 4.72 Å². The smallest absolute Gasteiger partial charge is 0.207 e. The SMILES string of the molecule is Cc1cc(S(=O)(=O)NC2CC2c2ccccc2)sc1Br. The lowest BCUT2D eigenvalue weighted by molar-refractivity contribution is 0.582. The van der Waals surface area contributed by atoms with Crippen LogP contribution in [0.15, 0.2) is 44.4 Å². The third-order valence-corrected chi connectivity index (χ3v) is 7.52. The van der Waals surface area contributed by atoms with E-state index in [1.807, 2.05) is 37.3 Å². The number of benzene rings is 1. The van der Waals surface area contributed by atoms with Crippen LogP contribution in [0.3, 0.4) is 0 Å². The normalized spacial score (nSPS) is 21.9. The fraction of sp³-hybridized carbons (Fsp3) is 0.286. The van der Waals surface area contributed by atoms with Crippen molar-refractivity contribution in [2.24, 2.45) is 0 Å². The Kier molecular flexibility index (Phi) is 3.75. The molecule has 3 nitrogen and oxygen atoms in total. The molecule has 1 N–H and O–H groups in total. The minimum atomic E-state index is -3.40. The first-order chi connectivity index (χ1) is 9.47.